The molecule has 0 aromatic carbocycles. The summed E-state index contributed by atoms with van der Waals surface area (Å²) in [6, 6.07) is 1.98. The van der Waals surface area contributed by atoms with Gasteiger partial charge in [-0.3, -0.25) is 0 Å². The minimum Gasteiger partial charge on any atom is -0.338 e. The van der Waals surface area contributed by atoms with Crippen molar-refractivity contribution in [3.05, 3.63) is 0 Å². The highest BCUT2D eigenvalue weighted by Crippen LogP contribution is 2.36. The van der Waals surface area contributed by atoms with Gasteiger partial charge >= 0.3 is 0 Å². The molecule has 0 aromatic rings. The second-order valence-electron chi connectivity index (χ2n) is 2.95. The highest BCUT2D eigenvalue weighted by molar-refractivity contribution is 7.43. The third-order valence-corrected chi connectivity index (χ3v) is 2.92. The average molecular weight is 218 g/mol. The molecule has 0 bridgehead atoms. The maximum Gasteiger partial charge on any atom is 0.255 e. The monoisotopic (exact) mass is 218 g/mol. The number of rotatable bonds is 8. The molecule has 0 spiro atoms. The second-order valence-corrected chi connectivity index (χ2v) is 4.28. The van der Waals surface area contributed by atoms with Crippen LogP contribution in [0.1, 0.15) is 33.1 Å². The van der Waals surface area contributed by atoms with Crippen LogP contribution < -0.4 is 0 Å². The Kier molecular flexibility index (Phi) is 9.23. The molecule has 0 aliphatic rings. The first-order chi connectivity index (χ1) is 6.76. The topological polar surface area (TPSA) is 56.5 Å². The molecule has 1 unspecified atom stereocenters. The van der Waals surface area contributed by atoms with Crippen LogP contribution in [0.3, 0.4) is 0 Å². The lowest BCUT2D eigenvalue weighted by atomic mass is 10.4. The summed E-state index contributed by atoms with van der Waals surface area (Å²) < 4.78 is 7.11. The Bertz CT molecular complexity index is 167. The minimum absolute atomic E-state index is 0.322. The molecule has 0 aliphatic carbocycles. The Morgan fingerprint density at radius 3 is 2.36 bits per heavy atom. The summed E-state index contributed by atoms with van der Waals surface area (Å²) in [6.45, 7) is 6.16. The fourth-order valence-electron chi connectivity index (χ4n) is 1.05. The van der Waals surface area contributed by atoms with Gasteiger partial charge in [-0.05, 0) is 12.8 Å². The lowest BCUT2D eigenvalue weighted by molar-refractivity contribution is 0.258. The van der Waals surface area contributed by atoms with Gasteiger partial charge in [0, 0.05) is 13.1 Å². The molecule has 0 aliphatic heterocycles. The number of hydrogen-bond acceptors (Lipinski definition) is 4. The van der Waals surface area contributed by atoms with Crippen LogP contribution in [0.2, 0.25) is 0 Å². The van der Waals surface area contributed by atoms with Crippen molar-refractivity contribution in [2.75, 3.05) is 19.7 Å². The molecule has 5 heteroatoms. The summed E-state index contributed by atoms with van der Waals surface area (Å²) in [7, 11) is -1.49. The Morgan fingerprint density at radius 1 is 1.36 bits per heavy atom. The van der Waals surface area contributed by atoms with Crippen molar-refractivity contribution in [1.82, 2.24) is 4.67 Å². The predicted octanol–water partition coefficient (Wildman–Crippen LogP) is 2.26. The third-order valence-electron chi connectivity index (χ3n) is 1.63. The minimum atomic E-state index is -1.49. The fraction of sp³-hybridized carbons (Fsp3) is 0.889. The zero-order valence-electron chi connectivity index (χ0n) is 8.94. The van der Waals surface area contributed by atoms with E-state index in [0.29, 0.717) is 13.0 Å². The number of nitrogens with zero attached hydrogens (tertiary/aromatic N) is 2. The predicted molar refractivity (Wildman–Crippen MR) is 57.5 cm³/mol. The molecule has 0 saturated carbocycles. The highest BCUT2D eigenvalue weighted by Gasteiger charge is 2.15. The molecule has 82 valence electrons. The van der Waals surface area contributed by atoms with E-state index in [9.17, 15) is 4.89 Å². The number of hydrogen-bond donors (Lipinski definition) is 1. The van der Waals surface area contributed by atoms with E-state index in [2.05, 4.69) is 13.8 Å². The van der Waals surface area contributed by atoms with E-state index < -0.39 is 8.53 Å². The molecule has 0 aromatic heterocycles. The lowest BCUT2D eigenvalue weighted by Crippen LogP contribution is -2.20. The molecule has 0 fully saturated rings. The lowest BCUT2D eigenvalue weighted by Gasteiger charge is -2.24. The standard InChI is InChI=1S/C9H19N2O2P/c1-3-7-11(8-4-2)14(12)13-9-5-6-10/h12H,3-5,7-9H2,1-2H3. The summed E-state index contributed by atoms with van der Waals surface area (Å²) in [5.41, 5.74) is 0. The normalized spacial score (nSPS) is 12.8. The van der Waals surface area contributed by atoms with Gasteiger partial charge in [0.2, 0.25) is 0 Å². The van der Waals surface area contributed by atoms with Crippen molar-refractivity contribution in [2.45, 2.75) is 33.1 Å². The van der Waals surface area contributed by atoms with Crippen molar-refractivity contribution in [3.63, 3.8) is 0 Å². The van der Waals surface area contributed by atoms with Gasteiger partial charge in [-0.15, -0.1) is 0 Å². The van der Waals surface area contributed by atoms with Gasteiger partial charge in [0.15, 0.2) is 0 Å². The summed E-state index contributed by atoms with van der Waals surface area (Å²) in [5.74, 6) is 0. The fourth-order valence-corrected chi connectivity index (χ4v) is 2.21. The van der Waals surface area contributed by atoms with Gasteiger partial charge in [0.25, 0.3) is 8.53 Å². The molecule has 0 rings (SSSR count). The molecule has 0 saturated heterocycles. The molecule has 1 atom stereocenters. The van der Waals surface area contributed by atoms with Crippen LogP contribution in [-0.4, -0.2) is 29.3 Å². The van der Waals surface area contributed by atoms with Crippen LogP contribution in [0, 0.1) is 11.3 Å². The van der Waals surface area contributed by atoms with Crippen LogP contribution in [0.15, 0.2) is 0 Å². The highest BCUT2D eigenvalue weighted by atomic mass is 31.2. The van der Waals surface area contributed by atoms with Crippen LogP contribution in [-0.2, 0) is 4.52 Å². The maximum atomic E-state index is 9.66. The molecular formula is C9H19N2O2P. The van der Waals surface area contributed by atoms with E-state index in [-0.39, 0.29) is 0 Å². The quantitative estimate of drug-likeness (QED) is 0.501. The summed E-state index contributed by atoms with van der Waals surface area (Å²) in [6.07, 6.45) is 2.34. The van der Waals surface area contributed by atoms with Crippen LogP contribution in [0.5, 0.6) is 0 Å². The first-order valence-corrected chi connectivity index (χ1v) is 6.16. The smallest absolute Gasteiger partial charge is 0.255 e. The molecule has 0 radical (unpaired) electrons. The number of nitriles is 1. The van der Waals surface area contributed by atoms with Gasteiger partial charge in [0.05, 0.1) is 19.1 Å². The average Bonchev–Trinajstić information content (AvgIpc) is 2.18. The summed E-state index contributed by atoms with van der Waals surface area (Å²) in [4.78, 5) is 9.66. The van der Waals surface area contributed by atoms with E-state index >= 15 is 0 Å². The Hall–Kier alpha value is -0.200. The Morgan fingerprint density at radius 2 is 1.93 bits per heavy atom. The van der Waals surface area contributed by atoms with Crippen molar-refractivity contribution < 1.29 is 9.42 Å². The van der Waals surface area contributed by atoms with Gasteiger partial charge in [-0.25, -0.2) is 4.67 Å². The Balaban J connectivity index is 3.76. The molecule has 14 heavy (non-hydrogen) atoms. The zero-order valence-corrected chi connectivity index (χ0v) is 9.83. The Labute approximate surface area is 87.4 Å². The van der Waals surface area contributed by atoms with Crippen LogP contribution in [0.25, 0.3) is 0 Å². The SMILES string of the molecule is CCCN(CCC)P(O)OCCC#N. The van der Waals surface area contributed by atoms with Crippen molar-refractivity contribution >= 4 is 8.53 Å². The van der Waals surface area contributed by atoms with E-state index in [1.54, 1.807) is 0 Å². The van der Waals surface area contributed by atoms with E-state index in [1.807, 2.05) is 10.7 Å². The molecule has 4 nitrogen and oxygen atoms in total. The first kappa shape index (κ1) is 13.8. The van der Waals surface area contributed by atoms with Crippen LogP contribution >= 0.6 is 8.53 Å². The van der Waals surface area contributed by atoms with Crippen molar-refractivity contribution in [1.29, 1.82) is 5.26 Å². The van der Waals surface area contributed by atoms with E-state index in [4.69, 9.17) is 9.79 Å². The molecule has 1 N–H and O–H groups in total. The van der Waals surface area contributed by atoms with Crippen LogP contribution in [0.4, 0.5) is 0 Å². The first-order valence-electron chi connectivity index (χ1n) is 5.00. The molecule has 0 heterocycles. The van der Waals surface area contributed by atoms with Gasteiger partial charge in [-0.2, -0.15) is 5.26 Å². The van der Waals surface area contributed by atoms with E-state index in [1.165, 1.54) is 0 Å². The largest absolute Gasteiger partial charge is 0.338 e. The summed E-state index contributed by atoms with van der Waals surface area (Å²) >= 11 is 0. The van der Waals surface area contributed by atoms with Gasteiger partial charge < -0.3 is 9.42 Å². The molecule has 0 amide bonds. The summed E-state index contributed by atoms with van der Waals surface area (Å²) in [5, 5.41) is 8.31. The second kappa shape index (κ2) is 9.36. The van der Waals surface area contributed by atoms with Gasteiger partial charge in [0.1, 0.15) is 0 Å². The molecular weight excluding hydrogens is 199 g/mol. The van der Waals surface area contributed by atoms with Crippen molar-refractivity contribution in [3.8, 4) is 6.07 Å². The van der Waals surface area contributed by atoms with E-state index in [0.717, 1.165) is 25.9 Å². The third kappa shape index (κ3) is 6.28. The van der Waals surface area contributed by atoms with Crippen molar-refractivity contribution in [2.24, 2.45) is 0 Å². The maximum absolute atomic E-state index is 9.66. The van der Waals surface area contributed by atoms with Gasteiger partial charge in [-0.1, -0.05) is 13.8 Å². The zero-order chi connectivity index (χ0) is 10.8.